The van der Waals surface area contributed by atoms with Gasteiger partial charge in [-0.15, -0.1) is 0 Å². The van der Waals surface area contributed by atoms with E-state index in [0.717, 1.165) is 6.42 Å². The minimum absolute atomic E-state index is 0.0869. The van der Waals surface area contributed by atoms with Gasteiger partial charge in [0.2, 0.25) is 0 Å². The Hall–Kier alpha value is -1.28. The Bertz CT molecular complexity index is 383. The summed E-state index contributed by atoms with van der Waals surface area (Å²) in [6, 6.07) is 5.00. The quantitative estimate of drug-likeness (QED) is 0.578. The number of ether oxygens (including phenoxy) is 1. The molecule has 0 heterocycles. The van der Waals surface area contributed by atoms with Crippen LogP contribution in [0.2, 0.25) is 5.02 Å². The number of carbonyl (C=O) groups excluding carboxylic acids is 1. The molecule has 0 radical (unpaired) electrons. The topological polar surface area (TPSA) is 26.3 Å². The van der Waals surface area contributed by atoms with Gasteiger partial charge in [-0.25, -0.2) is 0 Å². The molecule has 0 unspecified atom stereocenters. The predicted octanol–water partition coefficient (Wildman–Crippen LogP) is 3.50. The molecule has 0 atom stereocenters. The standard InChI is InChI=1S/C12H13ClO2/c1-3-4-5-11(14)10-8-9(13)6-7-12(10)15-2/h4-8H,3H2,1-2H3/b5-4+. The lowest BCUT2D eigenvalue weighted by Gasteiger charge is -2.05. The molecule has 0 saturated heterocycles. The highest BCUT2D eigenvalue weighted by molar-refractivity contribution is 6.31. The van der Waals surface area contributed by atoms with Crippen molar-refractivity contribution >= 4 is 17.4 Å². The van der Waals surface area contributed by atoms with Gasteiger partial charge in [0.15, 0.2) is 5.78 Å². The van der Waals surface area contributed by atoms with Crippen molar-refractivity contribution < 1.29 is 9.53 Å². The molecule has 0 amide bonds. The van der Waals surface area contributed by atoms with E-state index in [2.05, 4.69) is 0 Å². The fraction of sp³-hybridized carbons (Fsp3) is 0.250. The minimum atomic E-state index is -0.0869. The summed E-state index contributed by atoms with van der Waals surface area (Å²) >= 11 is 5.82. The summed E-state index contributed by atoms with van der Waals surface area (Å²) in [5, 5.41) is 0.532. The van der Waals surface area contributed by atoms with Crippen LogP contribution in [-0.2, 0) is 0 Å². The first-order valence-electron chi connectivity index (χ1n) is 4.73. The first-order valence-corrected chi connectivity index (χ1v) is 5.11. The Morgan fingerprint density at radius 3 is 2.87 bits per heavy atom. The van der Waals surface area contributed by atoms with E-state index in [1.54, 1.807) is 18.2 Å². The van der Waals surface area contributed by atoms with Gasteiger partial charge in [0.05, 0.1) is 12.7 Å². The number of ketones is 1. The summed E-state index contributed by atoms with van der Waals surface area (Å²) in [7, 11) is 1.53. The van der Waals surface area contributed by atoms with E-state index >= 15 is 0 Å². The third kappa shape index (κ3) is 3.10. The maximum absolute atomic E-state index is 11.7. The van der Waals surface area contributed by atoms with Crippen LogP contribution in [0.4, 0.5) is 0 Å². The molecule has 15 heavy (non-hydrogen) atoms. The average molecular weight is 225 g/mol. The number of hydrogen-bond donors (Lipinski definition) is 0. The largest absolute Gasteiger partial charge is 0.496 e. The zero-order valence-corrected chi connectivity index (χ0v) is 9.54. The highest BCUT2D eigenvalue weighted by Gasteiger charge is 2.09. The number of carbonyl (C=O) groups is 1. The molecule has 0 N–H and O–H groups in total. The van der Waals surface area contributed by atoms with Crippen molar-refractivity contribution in [2.24, 2.45) is 0 Å². The molecule has 0 aliphatic rings. The Morgan fingerprint density at radius 1 is 1.53 bits per heavy atom. The van der Waals surface area contributed by atoms with Crippen LogP contribution in [0, 0.1) is 0 Å². The molecular formula is C12H13ClO2. The van der Waals surface area contributed by atoms with Crippen LogP contribution in [0.25, 0.3) is 0 Å². The highest BCUT2D eigenvalue weighted by Crippen LogP contribution is 2.23. The molecule has 0 fully saturated rings. The van der Waals surface area contributed by atoms with Crippen molar-refractivity contribution in [3.05, 3.63) is 40.9 Å². The smallest absolute Gasteiger partial charge is 0.189 e. The third-order valence-electron chi connectivity index (χ3n) is 1.93. The minimum Gasteiger partial charge on any atom is -0.496 e. The summed E-state index contributed by atoms with van der Waals surface area (Å²) in [5.41, 5.74) is 0.495. The van der Waals surface area contributed by atoms with Crippen LogP contribution in [0.3, 0.4) is 0 Å². The third-order valence-corrected chi connectivity index (χ3v) is 2.17. The van der Waals surface area contributed by atoms with Crippen LogP contribution in [-0.4, -0.2) is 12.9 Å². The van der Waals surface area contributed by atoms with E-state index in [9.17, 15) is 4.79 Å². The second-order valence-electron chi connectivity index (χ2n) is 3.02. The monoisotopic (exact) mass is 224 g/mol. The molecule has 1 aromatic carbocycles. The van der Waals surface area contributed by atoms with Crippen LogP contribution >= 0.6 is 11.6 Å². The van der Waals surface area contributed by atoms with Crippen LogP contribution in [0.15, 0.2) is 30.4 Å². The van der Waals surface area contributed by atoms with E-state index in [-0.39, 0.29) is 5.78 Å². The van der Waals surface area contributed by atoms with Crippen molar-refractivity contribution in [1.29, 1.82) is 0 Å². The molecule has 3 heteroatoms. The molecule has 1 rings (SSSR count). The molecule has 0 spiro atoms. The molecule has 0 aliphatic heterocycles. The van der Waals surface area contributed by atoms with Gasteiger partial charge in [0.1, 0.15) is 5.75 Å². The van der Waals surface area contributed by atoms with Crippen molar-refractivity contribution in [3.8, 4) is 5.75 Å². The van der Waals surface area contributed by atoms with Crippen molar-refractivity contribution in [2.75, 3.05) is 7.11 Å². The normalized spacial score (nSPS) is 10.6. The number of allylic oxidation sites excluding steroid dienone is 2. The molecular weight excluding hydrogens is 212 g/mol. The Morgan fingerprint density at radius 2 is 2.27 bits per heavy atom. The SMILES string of the molecule is CC/C=C/C(=O)c1cc(Cl)ccc1OC. The first kappa shape index (κ1) is 11.8. The van der Waals surface area contributed by atoms with Gasteiger partial charge in [-0.1, -0.05) is 24.6 Å². The second kappa shape index (κ2) is 5.56. The molecule has 2 nitrogen and oxygen atoms in total. The number of rotatable bonds is 4. The number of hydrogen-bond acceptors (Lipinski definition) is 2. The summed E-state index contributed by atoms with van der Waals surface area (Å²) in [5.74, 6) is 0.460. The summed E-state index contributed by atoms with van der Waals surface area (Å²) in [4.78, 5) is 11.7. The first-order chi connectivity index (χ1) is 7.19. The van der Waals surface area contributed by atoms with Crippen molar-refractivity contribution in [1.82, 2.24) is 0 Å². The lowest BCUT2D eigenvalue weighted by atomic mass is 10.1. The van der Waals surface area contributed by atoms with Gasteiger partial charge >= 0.3 is 0 Å². The van der Waals surface area contributed by atoms with E-state index in [0.29, 0.717) is 16.3 Å². The van der Waals surface area contributed by atoms with E-state index in [4.69, 9.17) is 16.3 Å². The zero-order chi connectivity index (χ0) is 11.3. The van der Waals surface area contributed by atoms with Crippen LogP contribution in [0.1, 0.15) is 23.7 Å². The van der Waals surface area contributed by atoms with Gasteiger partial charge < -0.3 is 4.74 Å². The fourth-order valence-electron chi connectivity index (χ4n) is 1.19. The summed E-state index contributed by atoms with van der Waals surface area (Å²) in [6.45, 7) is 1.97. The average Bonchev–Trinajstić information content (AvgIpc) is 2.25. The molecule has 0 saturated carbocycles. The predicted molar refractivity (Wildman–Crippen MR) is 61.8 cm³/mol. The van der Waals surface area contributed by atoms with Gasteiger partial charge in [-0.3, -0.25) is 4.79 Å². The van der Waals surface area contributed by atoms with Gasteiger partial charge in [0, 0.05) is 5.02 Å². The van der Waals surface area contributed by atoms with E-state index in [1.807, 2.05) is 13.0 Å². The number of benzene rings is 1. The lowest BCUT2D eigenvalue weighted by molar-refractivity contribution is 0.104. The number of halogens is 1. The van der Waals surface area contributed by atoms with Crippen LogP contribution < -0.4 is 4.74 Å². The van der Waals surface area contributed by atoms with Crippen LogP contribution in [0.5, 0.6) is 5.75 Å². The van der Waals surface area contributed by atoms with Crippen molar-refractivity contribution in [3.63, 3.8) is 0 Å². The zero-order valence-electron chi connectivity index (χ0n) is 8.79. The van der Waals surface area contributed by atoms with Gasteiger partial charge in [0.25, 0.3) is 0 Å². The number of methoxy groups -OCH3 is 1. The molecule has 0 aromatic heterocycles. The van der Waals surface area contributed by atoms with Crippen molar-refractivity contribution in [2.45, 2.75) is 13.3 Å². The van der Waals surface area contributed by atoms with Gasteiger partial charge in [-0.2, -0.15) is 0 Å². The molecule has 80 valence electrons. The second-order valence-corrected chi connectivity index (χ2v) is 3.46. The lowest BCUT2D eigenvalue weighted by Crippen LogP contribution is -1.98. The van der Waals surface area contributed by atoms with Gasteiger partial charge in [-0.05, 0) is 30.7 Å². The molecule has 1 aromatic rings. The maximum atomic E-state index is 11.7. The Balaban J connectivity index is 3.05. The summed E-state index contributed by atoms with van der Waals surface area (Å²) in [6.07, 6.45) is 4.17. The highest BCUT2D eigenvalue weighted by atomic mass is 35.5. The Kier molecular flexibility index (Phi) is 4.37. The molecule has 0 aliphatic carbocycles. The molecule has 0 bridgehead atoms. The van der Waals surface area contributed by atoms with E-state index in [1.165, 1.54) is 13.2 Å². The fourth-order valence-corrected chi connectivity index (χ4v) is 1.36. The maximum Gasteiger partial charge on any atom is 0.189 e. The Labute approximate surface area is 94.5 Å². The summed E-state index contributed by atoms with van der Waals surface area (Å²) < 4.78 is 5.09. The van der Waals surface area contributed by atoms with E-state index < -0.39 is 0 Å².